The minimum Gasteiger partial charge on any atom is -0.497 e. The van der Waals surface area contributed by atoms with Crippen LogP contribution in [0, 0.1) is 0 Å². The zero-order valence-electron chi connectivity index (χ0n) is 21.2. The molecule has 1 heterocycles. The molecule has 1 amide bonds. The van der Waals surface area contributed by atoms with Crippen molar-refractivity contribution in [3.63, 3.8) is 0 Å². The van der Waals surface area contributed by atoms with E-state index in [0.717, 1.165) is 46.0 Å². The van der Waals surface area contributed by atoms with E-state index in [0.29, 0.717) is 5.56 Å². The summed E-state index contributed by atoms with van der Waals surface area (Å²) in [6.45, 7) is 0. The minimum absolute atomic E-state index is 0.0303. The van der Waals surface area contributed by atoms with Gasteiger partial charge < -0.3 is 9.47 Å². The highest BCUT2D eigenvalue weighted by Gasteiger charge is 2.30. The number of methoxy groups -OCH3 is 2. The van der Waals surface area contributed by atoms with Crippen molar-refractivity contribution in [3.05, 3.63) is 125 Å². The molecule has 4 aromatic carbocycles. The van der Waals surface area contributed by atoms with Gasteiger partial charge in [0.25, 0.3) is 5.91 Å². The number of nitrogens with one attached hydrogen (secondary N) is 1. The van der Waals surface area contributed by atoms with Gasteiger partial charge in [-0.25, -0.2) is 5.43 Å². The van der Waals surface area contributed by atoms with Crippen LogP contribution in [0.4, 0.5) is 5.69 Å². The molecule has 0 spiro atoms. The predicted octanol–water partition coefficient (Wildman–Crippen LogP) is 5.82. The van der Waals surface area contributed by atoms with Crippen molar-refractivity contribution in [2.75, 3.05) is 19.2 Å². The van der Waals surface area contributed by atoms with Gasteiger partial charge in [-0.1, -0.05) is 42.5 Å². The Morgan fingerprint density at radius 2 is 1.50 bits per heavy atom. The quantitative estimate of drug-likeness (QED) is 0.242. The van der Waals surface area contributed by atoms with Gasteiger partial charge in [0.1, 0.15) is 11.5 Å². The number of nitrogens with zero attached hydrogens (tertiary/aromatic N) is 3. The van der Waals surface area contributed by atoms with Crippen molar-refractivity contribution in [1.82, 2.24) is 5.43 Å². The van der Waals surface area contributed by atoms with Crippen LogP contribution >= 0.6 is 0 Å². The number of anilines is 1. The molecule has 1 aliphatic heterocycles. The van der Waals surface area contributed by atoms with Crippen LogP contribution in [0.3, 0.4) is 0 Å². The Bertz CT molecular complexity index is 1430. The summed E-state index contributed by atoms with van der Waals surface area (Å²) in [5, 5.41) is 11.2. The SMILES string of the molecule is COc1ccc(C2=NN(c3ccc(/C=N/NC(=O)c4ccccc4)cc3)C(c3ccc(OC)cc3)C2)cc1. The molecule has 38 heavy (non-hydrogen) atoms. The van der Waals surface area contributed by atoms with E-state index in [-0.39, 0.29) is 11.9 Å². The van der Waals surface area contributed by atoms with Gasteiger partial charge in [0.05, 0.1) is 37.9 Å². The zero-order chi connectivity index (χ0) is 26.3. The predicted molar refractivity (Wildman–Crippen MR) is 150 cm³/mol. The Balaban J connectivity index is 1.36. The maximum absolute atomic E-state index is 12.2. The Kier molecular flexibility index (Phi) is 7.45. The van der Waals surface area contributed by atoms with Crippen molar-refractivity contribution in [1.29, 1.82) is 0 Å². The molecular weight excluding hydrogens is 476 g/mol. The second-order valence-electron chi connectivity index (χ2n) is 8.77. The summed E-state index contributed by atoms with van der Waals surface area (Å²) < 4.78 is 10.7. The normalized spacial score (nSPS) is 14.8. The van der Waals surface area contributed by atoms with Crippen LogP contribution in [0.15, 0.2) is 113 Å². The van der Waals surface area contributed by atoms with Gasteiger partial charge in [0.2, 0.25) is 0 Å². The molecule has 1 aliphatic rings. The topological polar surface area (TPSA) is 75.5 Å². The smallest absolute Gasteiger partial charge is 0.271 e. The summed E-state index contributed by atoms with van der Waals surface area (Å²) >= 11 is 0. The number of carbonyl (C=O) groups excluding carboxylic acids is 1. The summed E-state index contributed by atoms with van der Waals surface area (Å²) in [4.78, 5) is 12.2. The molecule has 0 aliphatic carbocycles. The summed E-state index contributed by atoms with van der Waals surface area (Å²) in [5.41, 5.74) is 8.15. The highest BCUT2D eigenvalue weighted by molar-refractivity contribution is 6.03. The lowest BCUT2D eigenvalue weighted by Gasteiger charge is -2.24. The summed E-state index contributed by atoms with van der Waals surface area (Å²) in [6.07, 6.45) is 2.38. The number of amides is 1. The fourth-order valence-electron chi connectivity index (χ4n) is 4.32. The molecule has 1 atom stereocenters. The summed E-state index contributed by atoms with van der Waals surface area (Å²) in [5.74, 6) is 1.38. The average Bonchev–Trinajstić information content (AvgIpc) is 3.43. The van der Waals surface area contributed by atoms with E-state index < -0.39 is 0 Å². The van der Waals surface area contributed by atoms with E-state index in [1.165, 1.54) is 0 Å². The molecule has 0 saturated heterocycles. The second-order valence-corrected chi connectivity index (χ2v) is 8.77. The second kappa shape index (κ2) is 11.4. The average molecular weight is 505 g/mol. The first-order valence-electron chi connectivity index (χ1n) is 12.3. The largest absolute Gasteiger partial charge is 0.497 e. The van der Waals surface area contributed by atoms with Crippen LogP contribution < -0.4 is 19.9 Å². The minimum atomic E-state index is -0.252. The van der Waals surface area contributed by atoms with E-state index in [1.807, 2.05) is 78.9 Å². The molecule has 1 unspecified atom stereocenters. The number of hydrogen-bond donors (Lipinski definition) is 1. The van der Waals surface area contributed by atoms with Crippen LogP contribution in [0.1, 0.15) is 39.5 Å². The lowest BCUT2D eigenvalue weighted by molar-refractivity contribution is 0.0955. The Hall–Kier alpha value is -4.91. The Morgan fingerprint density at radius 1 is 0.868 bits per heavy atom. The number of hydrazone groups is 2. The van der Waals surface area contributed by atoms with Crippen LogP contribution in [0.5, 0.6) is 11.5 Å². The highest BCUT2D eigenvalue weighted by atomic mass is 16.5. The first kappa shape index (κ1) is 24.8. The molecule has 190 valence electrons. The van der Waals surface area contributed by atoms with Crippen LogP contribution in [0.25, 0.3) is 0 Å². The molecule has 4 aromatic rings. The molecule has 0 bridgehead atoms. The molecule has 5 rings (SSSR count). The third kappa shape index (κ3) is 5.57. The molecule has 7 heteroatoms. The number of hydrogen-bond acceptors (Lipinski definition) is 6. The standard InChI is InChI=1S/C31H28N4O3/c1-37-27-16-10-23(11-17-27)29-20-30(24-12-18-28(38-2)19-13-24)35(34-29)26-14-8-22(9-15-26)21-32-33-31(36)25-6-4-3-5-7-25/h3-19,21,30H,20H2,1-2H3,(H,33,36)/b32-21+. The molecule has 0 radical (unpaired) electrons. The van der Waals surface area contributed by atoms with Crippen molar-refractivity contribution < 1.29 is 14.3 Å². The van der Waals surface area contributed by atoms with Gasteiger partial charge >= 0.3 is 0 Å². The van der Waals surface area contributed by atoms with Gasteiger partial charge in [0.15, 0.2) is 0 Å². The van der Waals surface area contributed by atoms with Gasteiger partial charge in [0, 0.05) is 12.0 Å². The number of carbonyl (C=O) groups is 1. The van der Waals surface area contributed by atoms with Gasteiger partial charge in [-0.3, -0.25) is 9.80 Å². The van der Waals surface area contributed by atoms with E-state index in [9.17, 15) is 4.79 Å². The molecule has 0 fully saturated rings. The molecule has 1 N–H and O–H groups in total. The van der Waals surface area contributed by atoms with E-state index in [1.54, 1.807) is 32.6 Å². The highest BCUT2D eigenvalue weighted by Crippen LogP contribution is 2.37. The van der Waals surface area contributed by atoms with E-state index in [2.05, 4.69) is 27.7 Å². The number of benzene rings is 4. The first-order chi connectivity index (χ1) is 18.6. The van der Waals surface area contributed by atoms with Crippen LogP contribution in [-0.4, -0.2) is 32.1 Å². The third-order valence-corrected chi connectivity index (χ3v) is 6.41. The summed E-state index contributed by atoms with van der Waals surface area (Å²) in [7, 11) is 3.33. The van der Waals surface area contributed by atoms with Crippen molar-refractivity contribution >= 4 is 23.5 Å². The lowest BCUT2D eigenvalue weighted by atomic mass is 9.98. The maximum Gasteiger partial charge on any atom is 0.271 e. The number of ether oxygens (including phenoxy) is 2. The van der Waals surface area contributed by atoms with Gasteiger partial charge in [-0.05, 0) is 77.4 Å². The van der Waals surface area contributed by atoms with Crippen LogP contribution in [0.2, 0.25) is 0 Å². The Morgan fingerprint density at radius 3 is 2.13 bits per heavy atom. The zero-order valence-corrected chi connectivity index (χ0v) is 21.2. The van der Waals surface area contributed by atoms with Crippen molar-refractivity contribution in [2.24, 2.45) is 10.2 Å². The molecule has 0 aromatic heterocycles. The fourth-order valence-corrected chi connectivity index (χ4v) is 4.32. The van der Waals surface area contributed by atoms with Gasteiger partial charge in [-0.2, -0.15) is 10.2 Å². The summed E-state index contributed by atoms with van der Waals surface area (Å²) in [6, 6.07) is 33.1. The van der Waals surface area contributed by atoms with Gasteiger partial charge in [-0.15, -0.1) is 0 Å². The van der Waals surface area contributed by atoms with Crippen molar-refractivity contribution in [2.45, 2.75) is 12.5 Å². The lowest BCUT2D eigenvalue weighted by Crippen LogP contribution is -2.18. The molecular formula is C31H28N4O3. The third-order valence-electron chi connectivity index (χ3n) is 6.41. The molecule has 7 nitrogen and oxygen atoms in total. The Labute approximate surface area is 222 Å². The maximum atomic E-state index is 12.2. The van der Waals surface area contributed by atoms with Crippen molar-refractivity contribution in [3.8, 4) is 11.5 Å². The van der Waals surface area contributed by atoms with E-state index >= 15 is 0 Å². The number of rotatable bonds is 8. The first-order valence-corrected chi connectivity index (χ1v) is 12.3. The fraction of sp³-hybridized carbons (Fsp3) is 0.129. The van der Waals surface area contributed by atoms with E-state index in [4.69, 9.17) is 14.6 Å². The monoisotopic (exact) mass is 504 g/mol. The molecule has 0 saturated carbocycles. The van der Waals surface area contributed by atoms with Crippen LogP contribution in [-0.2, 0) is 0 Å².